The largest absolute Gasteiger partial charge is 0.457 e. The standard InChI is InChI=1S/C14H12O.C2H6/c1-10-6-7-14-12(8-10)9-11-4-2-3-5-13(11)15-14;1-2/h2-8H,9H2,1H3;1-2H3. The van der Waals surface area contributed by atoms with Crippen molar-refractivity contribution in [3.8, 4) is 11.5 Å². The molecule has 1 aliphatic rings. The van der Waals surface area contributed by atoms with Gasteiger partial charge in [0.05, 0.1) is 0 Å². The molecule has 0 spiro atoms. The Hall–Kier alpha value is -1.76. The fraction of sp³-hybridized carbons (Fsp3) is 0.250. The van der Waals surface area contributed by atoms with Gasteiger partial charge in [0.1, 0.15) is 11.5 Å². The highest BCUT2D eigenvalue weighted by atomic mass is 16.5. The Morgan fingerprint density at radius 3 is 2.41 bits per heavy atom. The van der Waals surface area contributed by atoms with Crippen LogP contribution in [0.4, 0.5) is 0 Å². The first-order valence-electron chi connectivity index (χ1n) is 6.18. The molecule has 0 aliphatic carbocycles. The molecule has 0 radical (unpaired) electrons. The molecule has 3 rings (SSSR count). The van der Waals surface area contributed by atoms with Crippen LogP contribution in [-0.4, -0.2) is 0 Å². The highest BCUT2D eigenvalue weighted by Crippen LogP contribution is 2.36. The summed E-state index contributed by atoms with van der Waals surface area (Å²) >= 11 is 0. The Balaban J connectivity index is 0.000000514. The minimum Gasteiger partial charge on any atom is -0.457 e. The van der Waals surface area contributed by atoms with Crippen LogP contribution in [0.2, 0.25) is 0 Å². The topological polar surface area (TPSA) is 9.23 Å². The zero-order valence-electron chi connectivity index (χ0n) is 10.7. The van der Waals surface area contributed by atoms with Crippen molar-refractivity contribution in [3.05, 3.63) is 59.2 Å². The van der Waals surface area contributed by atoms with Crippen LogP contribution in [0.25, 0.3) is 0 Å². The van der Waals surface area contributed by atoms with Crippen molar-refractivity contribution in [1.82, 2.24) is 0 Å². The van der Waals surface area contributed by atoms with Gasteiger partial charge in [-0.1, -0.05) is 49.7 Å². The van der Waals surface area contributed by atoms with Crippen LogP contribution in [0.5, 0.6) is 11.5 Å². The summed E-state index contributed by atoms with van der Waals surface area (Å²) in [5.74, 6) is 1.99. The predicted molar refractivity (Wildman–Crippen MR) is 71.8 cm³/mol. The van der Waals surface area contributed by atoms with Gasteiger partial charge in [-0.2, -0.15) is 0 Å². The molecule has 2 aromatic carbocycles. The SMILES string of the molecule is CC.Cc1ccc2c(c1)Cc1ccccc1O2. The highest BCUT2D eigenvalue weighted by Gasteiger charge is 2.15. The van der Waals surface area contributed by atoms with E-state index in [9.17, 15) is 0 Å². The van der Waals surface area contributed by atoms with E-state index in [1.54, 1.807) is 0 Å². The molecule has 0 aromatic heterocycles. The van der Waals surface area contributed by atoms with Crippen LogP contribution >= 0.6 is 0 Å². The molecule has 1 nitrogen and oxygen atoms in total. The first-order valence-corrected chi connectivity index (χ1v) is 6.18. The van der Waals surface area contributed by atoms with Crippen LogP contribution in [0, 0.1) is 6.92 Å². The Morgan fingerprint density at radius 1 is 0.882 bits per heavy atom. The monoisotopic (exact) mass is 226 g/mol. The fourth-order valence-electron chi connectivity index (χ4n) is 2.02. The lowest BCUT2D eigenvalue weighted by Gasteiger charge is -2.20. The minimum atomic E-state index is 0.979. The smallest absolute Gasteiger partial charge is 0.130 e. The predicted octanol–water partition coefficient (Wildman–Crippen LogP) is 4.72. The van der Waals surface area contributed by atoms with Crippen molar-refractivity contribution < 1.29 is 4.74 Å². The van der Waals surface area contributed by atoms with E-state index in [-0.39, 0.29) is 0 Å². The molecule has 0 saturated carbocycles. The van der Waals surface area contributed by atoms with Gasteiger partial charge in [0, 0.05) is 6.42 Å². The van der Waals surface area contributed by atoms with Gasteiger partial charge in [-0.05, 0) is 30.2 Å². The molecule has 17 heavy (non-hydrogen) atoms. The number of ether oxygens (including phenoxy) is 1. The summed E-state index contributed by atoms with van der Waals surface area (Å²) in [6.45, 7) is 6.11. The molecule has 2 aromatic rings. The van der Waals surface area contributed by atoms with Gasteiger partial charge in [-0.15, -0.1) is 0 Å². The van der Waals surface area contributed by atoms with Crippen LogP contribution in [0.1, 0.15) is 30.5 Å². The van der Waals surface area contributed by atoms with E-state index in [0.29, 0.717) is 0 Å². The van der Waals surface area contributed by atoms with Gasteiger partial charge in [0.15, 0.2) is 0 Å². The Labute approximate surface area is 103 Å². The number of fused-ring (bicyclic) bond motifs is 2. The lowest BCUT2D eigenvalue weighted by Crippen LogP contribution is -2.02. The van der Waals surface area contributed by atoms with Crippen molar-refractivity contribution in [2.45, 2.75) is 27.2 Å². The van der Waals surface area contributed by atoms with Gasteiger partial charge in [-0.25, -0.2) is 0 Å². The normalized spacial score (nSPS) is 11.5. The zero-order chi connectivity index (χ0) is 12.3. The molecule has 0 unspecified atom stereocenters. The molecule has 0 atom stereocenters. The van der Waals surface area contributed by atoms with Crippen LogP contribution in [0.3, 0.4) is 0 Å². The maximum Gasteiger partial charge on any atom is 0.130 e. The van der Waals surface area contributed by atoms with E-state index >= 15 is 0 Å². The third kappa shape index (κ3) is 2.33. The van der Waals surface area contributed by atoms with Crippen molar-refractivity contribution in [1.29, 1.82) is 0 Å². The second-order valence-electron chi connectivity index (χ2n) is 4.00. The minimum absolute atomic E-state index is 0.979. The molecule has 0 bridgehead atoms. The van der Waals surface area contributed by atoms with E-state index in [1.807, 2.05) is 26.0 Å². The summed E-state index contributed by atoms with van der Waals surface area (Å²) in [5.41, 5.74) is 3.85. The summed E-state index contributed by atoms with van der Waals surface area (Å²) < 4.78 is 5.83. The lowest BCUT2D eigenvalue weighted by atomic mass is 9.99. The first-order chi connectivity index (χ1) is 8.33. The van der Waals surface area contributed by atoms with Crippen molar-refractivity contribution >= 4 is 0 Å². The summed E-state index contributed by atoms with van der Waals surface area (Å²) in [6, 6.07) is 14.6. The van der Waals surface area contributed by atoms with E-state index in [4.69, 9.17) is 4.74 Å². The average Bonchev–Trinajstić information content (AvgIpc) is 2.38. The quantitative estimate of drug-likeness (QED) is 0.539. The van der Waals surface area contributed by atoms with Crippen molar-refractivity contribution in [2.24, 2.45) is 0 Å². The molecule has 1 aliphatic heterocycles. The molecule has 0 fully saturated rings. The molecule has 0 amide bonds. The van der Waals surface area contributed by atoms with Crippen molar-refractivity contribution in [3.63, 3.8) is 0 Å². The maximum absolute atomic E-state index is 5.83. The molecule has 1 heteroatoms. The third-order valence-corrected chi connectivity index (χ3v) is 2.79. The van der Waals surface area contributed by atoms with Gasteiger partial charge in [-0.3, -0.25) is 0 Å². The number of benzene rings is 2. The second kappa shape index (κ2) is 5.05. The highest BCUT2D eigenvalue weighted by molar-refractivity contribution is 5.50. The molecule has 0 saturated heterocycles. The number of aryl methyl sites for hydroxylation is 1. The summed E-state index contributed by atoms with van der Waals surface area (Å²) in [6.07, 6.45) is 0.979. The van der Waals surface area contributed by atoms with Crippen LogP contribution in [0.15, 0.2) is 42.5 Å². The van der Waals surface area contributed by atoms with E-state index in [2.05, 4.69) is 37.3 Å². The van der Waals surface area contributed by atoms with E-state index in [1.165, 1.54) is 16.7 Å². The fourth-order valence-corrected chi connectivity index (χ4v) is 2.02. The van der Waals surface area contributed by atoms with Gasteiger partial charge in [0.2, 0.25) is 0 Å². The molecule has 88 valence electrons. The first kappa shape index (κ1) is 11.7. The number of hydrogen-bond acceptors (Lipinski definition) is 1. The van der Waals surface area contributed by atoms with Gasteiger partial charge >= 0.3 is 0 Å². The summed E-state index contributed by atoms with van der Waals surface area (Å²) in [7, 11) is 0. The number of rotatable bonds is 0. The van der Waals surface area contributed by atoms with Crippen LogP contribution < -0.4 is 4.74 Å². The van der Waals surface area contributed by atoms with Gasteiger partial charge in [0.25, 0.3) is 0 Å². The average molecular weight is 226 g/mol. The van der Waals surface area contributed by atoms with E-state index in [0.717, 1.165) is 17.9 Å². The molecule has 0 N–H and O–H groups in total. The lowest BCUT2D eigenvalue weighted by molar-refractivity contribution is 0.460. The number of para-hydroxylation sites is 1. The Kier molecular flexibility index (Phi) is 3.48. The molecule has 1 heterocycles. The Morgan fingerprint density at radius 2 is 1.59 bits per heavy atom. The summed E-state index contributed by atoms with van der Waals surface area (Å²) in [5, 5.41) is 0. The second-order valence-corrected chi connectivity index (χ2v) is 4.00. The third-order valence-electron chi connectivity index (χ3n) is 2.79. The number of hydrogen-bond donors (Lipinski definition) is 0. The van der Waals surface area contributed by atoms with Gasteiger partial charge < -0.3 is 4.74 Å². The molecular formula is C16H18O. The molecular weight excluding hydrogens is 208 g/mol. The maximum atomic E-state index is 5.83. The van der Waals surface area contributed by atoms with Crippen LogP contribution in [-0.2, 0) is 6.42 Å². The summed E-state index contributed by atoms with van der Waals surface area (Å²) in [4.78, 5) is 0. The zero-order valence-corrected chi connectivity index (χ0v) is 10.7. The van der Waals surface area contributed by atoms with Crippen molar-refractivity contribution in [2.75, 3.05) is 0 Å². The Bertz CT molecular complexity index is 515. The van der Waals surface area contributed by atoms with E-state index < -0.39 is 0 Å².